The van der Waals surface area contributed by atoms with E-state index in [-0.39, 0.29) is 5.97 Å². The van der Waals surface area contributed by atoms with Crippen LogP contribution in [0.15, 0.2) is 6.20 Å². The molecule has 0 aliphatic rings. The van der Waals surface area contributed by atoms with Crippen molar-refractivity contribution in [3.05, 3.63) is 17.7 Å². The van der Waals surface area contributed by atoms with Crippen molar-refractivity contribution in [2.75, 3.05) is 0 Å². The van der Waals surface area contributed by atoms with Crippen LogP contribution in [0, 0.1) is 6.92 Å². The molecule has 1 aromatic heterocycles. The molecule has 0 fully saturated rings. The average molecular weight is 182 g/mol. The monoisotopic (exact) mass is 182 g/mol. The lowest BCUT2D eigenvalue weighted by Crippen LogP contribution is -2.24. The van der Waals surface area contributed by atoms with Gasteiger partial charge in [0.2, 0.25) is 0 Å². The maximum Gasteiger partial charge on any atom is 0.356 e. The van der Waals surface area contributed by atoms with E-state index in [1.165, 1.54) is 6.20 Å². The number of aryl methyl sites for hydroxylation is 1. The molecule has 0 unspecified atom stereocenters. The third kappa shape index (κ3) is 2.89. The zero-order valence-corrected chi connectivity index (χ0v) is 8.34. The third-order valence-corrected chi connectivity index (χ3v) is 1.32. The highest BCUT2D eigenvalue weighted by Crippen LogP contribution is 2.10. The molecule has 1 N–H and O–H groups in total. The van der Waals surface area contributed by atoms with Gasteiger partial charge < -0.3 is 9.72 Å². The summed E-state index contributed by atoms with van der Waals surface area (Å²) in [7, 11) is 0. The lowest BCUT2D eigenvalue weighted by molar-refractivity contribution is 0.00633. The number of aromatic nitrogens is 2. The van der Waals surface area contributed by atoms with Crippen molar-refractivity contribution < 1.29 is 9.53 Å². The first-order valence-electron chi connectivity index (χ1n) is 4.13. The Bertz CT molecular complexity index is 310. The largest absolute Gasteiger partial charge is 0.455 e. The quantitative estimate of drug-likeness (QED) is 0.672. The Labute approximate surface area is 77.3 Å². The van der Waals surface area contributed by atoms with Crippen LogP contribution in [0.3, 0.4) is 0 Å². The zero-order chi connectivity index (χ0) is 10.1. The van der Waals surface area contributed by atoms with E-state index >= 15 is 0 Å². The molecule has 0 aliphatic carbocycles. The molecule has 4 heteroatoms. The van der Waals surface area contributed by atoms with Crippen LogP contribution in [-0.4, -0.2) is 21.5 Å². The van der Waals surface area contributed by atoms with E-state index in [1.54, 1.807) is 6.92 Å². The predicted octanol–water partition coefficient (Wildman–Crippen LogP) is 1.67. The van der Waals surface area contributed by atoms with Gasteiger partial charge >= 0.3 is 5.97 Å². The van der Waals surface area contributed by atoms with Crippen LogP contribution < -0.4 is 0 Å². The summed E-state index contributed by atoms with van der Waals surface area (Å²) < 4.78 is 5.13. The minimum Gasteiger partial charge on any atom is -0.455 e. The number of esters is 1. The van der Waals surface area contributed by atoms with Crippen LogP contribution >= 0.6 is 0 Å². The maximum absolute atomic E-state index is 11.4. The number of hydrogen-bond donors (Lipinski definition) is 1. The number of rotatable bonds is 1. The summed E-state index contributed by atoms with van der Waals surface area (Å²) in [5, 5.41) is 0. The van der Waals surface area contributed by atoms with Gasteiger partial charge in [-0.1, -0.05) is 0 Å². The van der Waals surface area contributed by atoms with Crippen molar-refractivity contribution in [1.29, 1.82) is 0 Å². The number of carbonyl (C=O) groups excluding carboxylic acids is 1. The Morgan fingerprint density at radius 2 is 2.15 bits per heavy atom. The average Bonchev–Trinajstić information content (AvgIpc) is 2.31. The van der Waals surface area contributed by atoms with Crippen LogP contribution in [0.2, 0.25) is 0 Å². The zero-order valence-electron chi connectivity index (χ0n) is 8.34. The molecule has 0 bridgehead atoms. The van der Waals surface area contributed by atoms with E-state index < -0.39 is 5.60 Å². The van der Waals surface area contributed by atoms with E-state index in [0.717, 1.165) is 0 Å². The Balaban J connectivity index is 2.70. The highest BCUT2D eigenvalue weighted by atomic mass is 16.6. The van der Waals surface area contributed by atoms with Gasteiger partial charge in [-0.15, -0.1) is 0 Å². The first-order chi connectivity index (χ1) is 5.88. The lowest BCUT2D eigenvalue weighted by Gasteiger charge is -2.18. The van der Waals surface area contributed by atoms with E-state index in [2.05, 4.69) is 9.97 Å². The molecule has 0 saturated heterocycles. The van der Waals surface area contributed by atoms with Crippen LogP contribution in [0.1, 0.15) is 37.1 Å². The fourth-order valence-electron chi connectivity index (χ4n) is 0.858. The number of carbonyl (C=O) groups is 1. The van der Waals surface area contributed by atoms with Crippen LogP contribution in [0.4, 0.5) is 0 Å². The number of nitrogens with zero attached hydrogens (tertiary/aromatic N) is 1. The van der Waals surface area contributed by atoms with Crippen molar-refractivity contribution in [3.63, 3.8) is 0 Å². The number of H-pyrrole nitrogens is 1. The molecule has 0 atom stereocenters. The van der Waals surface area contributed by atoms with E-state index in [1.807, 2.05) is 20.8 Å². The fourth-order valence-corrected chi connectivity index (χ4v) is 0.858. The lowest BCUT2D eigenvalue weighted by atomic mass is 10.2. The van der Waals surface area contributed by atoms with Crippen molar-refractivity contribution in [3.8, 4) is 0 Å². The van der Waals surface area contributed by atoms with Gasteiger partial charge in [-0.2, -0.15) is 0 Å². The molecule has 0 aliphatic heterocycles. The van der Waals surface area contributed by atoms with Gasteiger partial charge in [0.1, 0.15) is 17.1 Å². The second-order valence-corrected chi connectivity index (χ2v) is 3.88. The summed E-state index contributed by atoms with van der Waals surface area (Å²) >= 11 is 0. The van der Waals surface area contributed by atoms with Crippen molar-refractivity contribution in [2.45, 2.75) is 33.3 Å². The van der Waals surface area contributed by atoms with E-state index in [4.69, 9.17) is 4.74 Å². The maximum atomic E-state index is 11.4. The van der Waals surface area contributed by atoms with Crippen molar-refractivity contribution >= 4 is 5.97 Å². The summed E-state index contributed by atoms with van der Waals surface area (Å²) in [6.45, 7) is 7.27. The second kappa shape index (κ2) is 3.20. The Hall–Kier alpha value is -1.32. The number of ether oxygens (including phenoxy) is 1. The number of aromatic amines is 1. The highest BCUT2D eigenvalue weighted by Gasteiger charge is 2.18. The summed E-state index contributed by atoms with van der Waals surface area (Å²) in [6, 6.07) is 0. The molecule has 1 aromatic rings. The number of hydrogen-bond acceptors (Lipinski definition) is 3. The summed E-state index contributed by atoms with van der Waals surface area (Å²) in [5.74, 6) is 0.342. The SMILES string of the molecule is Cc1ncc(C(=O)OC(C)(C)C)[nH]1. The Morgan fingerprint density at radius 3 is 2.54 bits per heavy atom. The molecule has 0 aromatic carbocycles. The second-order valence-electron chi connectivity index (χ2n) is 3.88. The van der Waals surface area contributed by atoms with Gasteiger partial charge in [0.15, 0.2) is 0 Å². The molecule has 72 valence electrons. The van der Waals surface area contributed by atoms with Gasteiger partial charge in [0.25, 0.3) is 0 Å². The van der Waals surface area contributed by atoms with Gasteiger partial charge in [0.05, 0.1) is 6.20 Å². The van der Waals surface area contributed by atoms with Crippen LogP contribution in [0.5, 0.6) is 0 Å². The predicted molar refractivity (Wildman–Crippen MR) is 48.5 cm³/mol. The smallest absolute Gasteiger partial charge is 0.356 e. The van der Waals surface area contributed by atoms with Gasteiger partial charge in [0, 0.05) is 0 Å². The molecular formula is C9H14N2O2. The van der Waals surface area contributed by atoms with Gasteiger partial charge in [-0.3, -0.25) is 0 Å². The topological polar surface area (TPSA) is 55.0 Å². The first-order valence-corrected chi connectivity index (χ1v) is 4.13. The minimum atomic E-state index is -0.462. The van der Waals surface area contributed by atoms with Crippen molar-refractivity contribution in [1.82, 2.24) is 9.97 Å². The molecule has 0 spiro atoms. The van der Waals surface area contributed by atoms with Crippen LogP contribution in [-0.2, 0) is 4.74 Å². The fraction of sp³-hybridized carbons (Fsp3) is 0.556. The third-order valence-electron chi connectivity index (χ3n) is 1.32. The molecule has 0 saturated carbocycles. The van der Waals surface area contributed by atoms with E-state index in [9.17, 15) is 4.79 Å². The van der Waals surface area contributed by atoms with E-state index in [0.29, 0.717) is 11.5 Å². The molecule has 1 heterocycles. The van der Waals surface area contributed by atoms with Crippen molar-refractivity contribution in [2.24, 2.45) is 0 Å². The highest BCUT2D eigenvalue weighted by molar-refractivity contribution is 5.87. The standard InChI is InChI=1S/C9H14N2O2/c1-6-10-5-7(11-6)8(12)13-9(2,3)4/h5H,1-4H3,(H,10,11). The minimum absolute atomic E-state index is 0.367. The van der Waals surface area contributed by atoms with Gasteiger partial charge in [-0.05, 0) is 27.7 Å². The summed E-state index contributed by atoms with van der Waals surface area (Å²) in [5.41, 5.74) is -0.0664. The Kier molecular flexibility index (Phi) is 2.40. The molecule has 0 radical (unpaired) electrons. The van der Waals surface area contributed by atoms with Crippen LogP contribution in [0.25, 0.3) is 0 Å². The Morgan fingerprint density at radius 1 is 1.54 bits per heavy atom. The van der Waals surface area contributed by atoms with Gasteiger partial charge in [-0.25, -0.2) is 9.78 Å². The number of imidazole rings is 1. The molecule has 1 rings (SSSR count). The molecule has 13 heavy (non-hydrogen) atoms. The molecule has 4 nitrogen and oxygen atoms in total. The number of nitrogens with one attached hydrogen (secondary N) is 1. The summed E-state index contributed by atoms with van der Waals surface area (Å²) in [4.78, 5) is 18.1. The molecular weight excluding hydrogens is 168 g/mol. The molecule has 0 amide bonds. The first kappa shape index (κ1) is 9.77. The normalized spacial score (nSPS) is 11.4. The summed E-state index contributed by atoms with van der Waals surface area (Å²) in [6.07, 6.45) is 1.48.